The summed E-state index contributed by atoms with van der Waals surface area (Å²) in [6, 6.07) is 9.04. The highest BCUT2D eigenvalue weighted by molar-refractivity contribution is 5.52. The second-order valence-electron chi connectivity index (χ2n) is 10.9. The molecule has 1 aromatic carbocycles. The van der Waals surface area contributed by atoms with E-state index in [4.69, 9.17) is 0 Å². The molecule has 2 fully saturated rings. The van der Waals surface area contributed by atoms with E-state index < -0.39 is 5.60 Å². The van der Waals surface area contributed by atoms with Gasteiger partial charge in [0.05, 0.1) is 6.10 Å². The lowest BCUT2D eigenvalue weighted by Crippen LogP contribution is -2.51. The van der Waals surface area contributed by atoms with Crippen LogP contribution in [0.15, 0.2) is 47.1 Å². The second kappa shape index (κ2) is 7.79. The fourth-order valence-electron chi connectivity index (χ4n) is 7.50. The van der Waals surface area contributed by atoms with Crippen molar-refractivity contribution in [2.45, 2.75) is 76.4 Å². The standard InChI is InChI=1S/C29H37NO2/c1-5-15-29(32)16-14-26-24-12-8-20-17-22(31)11-13-23(20)27(24)25(18-28(26,29)2)19-6-9-21(10-7-19)30(3)4/h6-7,9-10,17,22,24-26,31-32H,8,11-14,16,18H2,1-4H3/t22-,24-,25-,26+,28-,29-/m0/s1. The summed E-state index contributed by atoms with van der Waals surface area (Å²) < 4.78 is 0. The van der Waals surface area contributed by atoms with E-state index in [1.165, 1.54) is 22.4 Å². The average molecular weight is 432 g/mol. The van der Waals surface area contributed by atoms with Crippen molar-refractivity contribution >= 4 is 5.69 Å². The molecule has 2 N–H and O–H groups in total. The third kappa shape index (κ3) is 3.18. The molecular weight excluding hydrogens is 394 g/mol. The van der Waals surface area contributed by atoms with Crippen molar-refractivity contribution in [3.8, 4) is 11.8 Å². The first-order valence-corrected chi connectivity index (χ1v) is 12.3. The lowest BCUT2D eigenvalue weighted by Gasteiger charge is -2.54. The number of hydrogen-bond acceptors (Lipinski definition) is 3. The molecule has 5 rings (SSSR count). The summed E-state index contributed by atoms with van der Waals surface area (Å²) in [6.07, 6.45) is 8.58. The minimum Gasteiger partial charge on any atom is -0.389 e. The third-order valence-electron chi connectivity index (χ3n) is 9.16. The molecule has 3 heteroatoms. The van der Waals surface area contributed by atoms with Crippen molar-refractivity contribution in [3.63, 3.8) is 0 Å². The van der Waals surface area contributed by atoms with E-state index in [0.29, 0.717) is 17.8 Å². The Morgan fingerprint density at radius 2 is 1.81 bits per heavy atom. The van der Waals surface area contributed by atoms with Gasteiger partial charge >= 0.3 is 0 Å². The minimum atomic E-state index is -0.899. The lowest BCUT2D eigenvalue weighted by atomic mass is 9.51. The maximum atomic E-state index is 11.7. The van der Waals surface area contributed by atoms with Gasteiger partial charge in [0.2, 0.25) is 0 Å². The molecule has 170 valence electrons. The van der Waals surface area contributed by atoms with Gasteiger partial charge in [-0.1, -0.05) is 36.6 Å². The predicted octanol–water partition coefficient (Wildman–Crippen LogP) is 5.20. The Morgan fingerprint density at radius 1 is 1.06 bits per heavy atom. The maximum absolute atomic E-state index is 11.7. The molecule has 0 bridgehead atoms. The van der Waals surface area contributed by atoms with Crippen molar-refractivity contribution in [1.29, 1.82) is 0 Å². The Kier molecular flexibility index (Phi) is 5.31. The van der Waals surface area contributed by atoms with Crippen molar-refractivity contribution in [2.75, 3.05) is 19.0 Å². The highest BCUT2D eigenvalue weighted by Crippen LogP contribution is 2.66. The van der Waals surface area contributed by atoms with Gasteiger partial charge in [-0.15, -0.1) is 5.92 Å². The number of allylic oxidation sites excluding steroid dienone is 3. The fraction of sp³-hybridized carbons (Fsp3) is 0.586. The molecule has 6 atom stereocenters. The van der Waals surface area contributed by atoms with Crippen LogP contribution in [0.1, 0.15) is 70.3 Å². The summed E-state index contributed by atoms with van der Waals surface area (Å²) in [5, 5.41) is 22.0. The van der Waals surface area contributed by atoms with E-state index in [1.54, 1.807) is 5.57 Å². The van der Waals surface area contributed by atoms with Crippen molar-refractivity contribution in [2.24, 2.45) is 17.3 Å². The van der Waals surface area contributed by atoms with Crippen LogP contribution in [-0.2, 0) is 0 Å². The number of fused-ring (bicyclic) bond motifs is 4. The van der Waals surface area contributed by atoms with E-state index in [0.717, 1.165) is 44.9 Å². The Balaban J connectivity index is 1.66. The predicted molar refractivity (Wildman–Crippen MR) is 130 cm³/mol. The molecule has 0 amide bonds. The SMILES string of the molecule is CC#C[C@]1(O)CC[C@@H]2[C@@H]3CCC4=C[C@@H](O)CCC4=C3[C@H](c3ccc(N(C)C)cc3)C[C@@]21C. The van der Waals surface area contributed by atoms with E-state index >= 15 is 0 Å². The number of anilines is 1. The first kappa shape index (κ1) is 21.8. The number of benzene rings is 1. The van der Waals surface area contributed by atoms with Gasteiger partial charge in [-0.2, -0.15) is 0 Å². The van der Waals surface area contributed by atoms with Crippen LogP contribution in [0.25, 0.3) is 0 Å². The summed E-state index contributed by atoms with van der Waals surface area (Å²) in [4.78, 5) is 2.14. The highest BCUT2D eigenvalue weighted by Gasteiger charge is 2.62. The van der Waals surface area contributed by atoms with Crippen LogP contribution >= 0.6 is 0 Å². The fourth-order valence-corrected chi connectivity index (χ4v) is 7.50. The maximum Gasteiger partial charge on any atom is 0.131 e. The van der Waals surface area contributed by atoms with Crippen LogP contribution in [-0.4, -0.2) is 36.0 Å². The summed E-state index contributed by atoms with van der Waals surface area (Å²) in [7, 11) is 4.16. The zero-order chi connectivity index (χ0) is 22.7. The molecule has 0 radical (unpaired) electrons. The van der Waals surface area contributed by atoms with Crippen LogP contribution in [0.4, 0.5) is 5.69 Å². The molecular formula is C29H37NO2. The van der Waals surface area contributed by atoms with Gasteiger partial charge in [-0.3, -0.25) is 0 Å². The lowest BCUT2D eigenvalue weighted by molar-refractivity contribution is -0.0514. The van der Waals surface area contributed by atoms with Crippen LogP contribution < -0.4 is 4.90 Å². The zero-order valence-corrected chi connectivity index (χ0v) is 20.0. The molecule has 0 unspecified atom stereocenters. The molecule has 0 heterocycles. The first-order valence-electron chi connectivity index (χ1n) is 12.3. The van der Waals surface area contributed by atoms with E-state index in [2.05, 4.69) is 68.1 Å². The molecule has 0 aliphatic heterocycles. The molecule has 4 aliphatic carbocycles. The van der Waals surface area contributed by atoms with Gasteiger partial charge in [0.1, 0.15) is 5.60 Å². The molecule has 0 spiro atoms. The normalized spacial score (nSPS) is 38.1. The number of rotatable bonds is 2. The summed E-state index contributed by atoms with van der Waals surface area (Å²) in [5.41, 5.74) is 5.98. The Bertz CT molecular complexity index is 1020. The molecule has 32 heavy (non-hydrogen) atoms. The second-order valence-corrected chi connectivity index (χ2v) is 10.9. The minimum absolute atomic E-state index is 0.203. The summed E-state index contributed by atoms with van der Waals surface area (Å²) in [6.45, 7) is 4.17. The number of hydrogen-bond donors (Lipinski definition) is 2. The third-order valence-corrected chi connectivity index (χ3v) is 9.16. The molecule has 0 aromatic heterocycles. The Morgan fingerprint density at radius 3 is 2.50 bits per heavy atom. The van der Waals surface area contributed by atoms with Gasteiger partial charge in [-0.05, 0) is 92.5 Å². The Hall–Kier alpha value is -2.02. The number of aliphatic hydroxyl groups excluding tert-OH is 1. The molecule has 0 saturated heterocycles. The number of nitrogens with zero attached hydrogens (tertiary/aromatic N) is 1. The summed E-state index contributed by atoms with van der Waals surface area (Å²) >= 11 is 0. The van der Waals surface area contributed by atoms with Gasteiger partial charge < -0.3 is 15.1 Å². The smallest absolute Gasteiger partial charge is 0.131 e. The monoisotopic (exact) mass is 431 g/mol. The van der Waals surface area contributed by atoms with Crippen molar-refractivity contribution in [1.82, 2.24) is 0 Å². The summed E-state index contributed by atoms with van der Waals surface area (Å²) in [5.74, 6) is 7.58. The molecule has 4 aliphatic rings. The topological polar surface area (TPSA) is 43.7 Å². The van der Waals surface area contributed by atoms with Gasteiger partial charge in [-0.25, -0.2) is 0 Å². The van der Waals surface area contributed by atoms with Gasteiger partial charge in [0.25, 0.3) is 0 Å². The van der Waals surface area contributed by atoms with E-state index in [9.17, 15) is 10.2 Å². The largest absolute Gasteiger partial charge is 0.389 e. The van der Waals surface area contributed by atoms with Gasteiger partial charge in [0, 0.05) is 31.1 Å². The number of aliphatic hydroxyl groups is 2. The van der Waals surface area contributed by atoms with Crippen LogP contribution in [0.2, 0.25) is 0 Å². The molecule has 2 saturated carbocycles. The van der Waals surface area contributed by atoms with Crippen molar-refractivity contribution in [3.05, 3.63) is 52.6 Å². The zero-order valence-electron chi connectivity index (χ0n) is 20.0. The quantitative estimate of drug-likeness (QED) is 0.633. The van der Waals surface area contributed by atoms with E-state index in [1.807, 2.05) is 6.92 Å². The van der Waals surface area contributed by atoms with Crippen LogP contribution in [0.5, 0.6) is 0 Å². The first-order chi connectivity index (χ1) is 15.3. The van der Waals surface area contributed by atoms with Crippen LogP contribution in [0.3, 0.4) is 0 Å². The van der Waals surface area contributed by atoms with Crippen LogP contribution in [0, 0.1) is 29.1 Å². The van der Waals surface area contributed by atoms with Crippen molar-refractivity contribution < 1.29 is 10.2 Å². The van der Waals surface area contributed by atoms with Gasteiger partial charge in [0.15, 0.2) is 0 Å². The molecule has 3 nitrogen and oxygen atoms in total. The highest BCUT2D eigenvalue weighted by atomic mass is 16.3. The average Bonchev–Trinajstić information content (AvgIpc) is 3.03. The van der Waals surface area contributed by atoms with E-state index in [-0.39, 0.29) is 11.5 Å². The molecule has 1 aromatic rings. The Labute approximate surface area is 193 Å².